The molecule has 27 heavy (non-hydrogen) atoms. The van der Waals surface area contributed by atoms with Crippen LogP contribution in [0.1, 0.15) is 67.4 Å². The SMILES string of the molecule is COCCCNc1ncc(C(=O)Nc2c(C(C)C)cccc2C(C)C)cn1. The van der Waals surface area contributed by atoms with Crippen LogP contribution in [0.2, 0.25) is 0 Å². The molecule has 0 radical (unpaired) electrons. The summed E-state index contributed by atoms with van der Waals surface area (Å²) < 4.78 is 5.01. The minimum absolute atomic E-state index is 0.198. The van der Waals surface area contributed by atoms with Crippen LogP contribution in [0.5, 0.6) is 0 Å². The molecule has 0 aliphatic rings. The normalized spacial score (nSPS) is 11.1. The number of carbonyl (C=O) groups is 1. The monoisotopic (exact) mass is 370 g/mol. The number of amides is 1. The van der Waals surface area contributed by atoms with E-state index in [9.17, 15) is 4.79 Å². The molecule has 0 unspecified atom stereocenters. The van der Waals surface area contributed by atoms with Gasteiger partial charge in [0.15, 0.2) is 0 Å². The van der Waals surface area contributed by atoms with Gasteiger partial charge in [0.05, 0.1) is 5.56 Å². The first-order chi connectivity index (χ1) is 12.9. The lowest BCUT2D eigenvalue weighted by atomic mass is 9.92. The molecule has 0 spiro atoms. The Morgan fingerprint density at radius 2 is 1.67 bits per heavy atom. The molecule has 1 amide bonds. The number of para-hydroxylation sites is 1. The molecule has 0 saturated heterocycles. The zero-order chi connectivity index (χ0) is 19.8. The Labute approximate surface area is 161 Å². The average Bonchev–Trinajstić information content (AvgIpc) is 2.65. The van der Waals surface area contributed by atoms with Crippen molar-refractivity contribution in [1.29, 1.82) is 0 Å². The van der Waals surface area contributed by atoms with E-state index in [0.29, 0.717) is 30.0 Å². The van der Waals surface area contributed by atoms with Gasteiger partial charge in [0, 0.05) is 38.3 Å². The van der Waals surface area contributed by atoms with Crippen molar-refractivity contribution in [3.05, 3.63) is 47.3 Å². The van der Waals surface area contributed by atoms with E-state index in [-0.39, 0.29) is 5.91 Å². The van der Waals surface area contributed by atoms with Crippen molar-refractivity contribution in [2.24, 2.45) is 0 Å². The smallest absolute Gasteiger partial charge is 0.258 e. The molecule has 2 N–H and O–H groups in total. The van der Waals surface area contributed by atoms with E-state index >= 15 is 0 Å². The quantitative estimate of drug-likeness (QED) is 0.639. The third kappa shape index (κ3) is 5.76. The van der Waals surface area contributed by atoms with E-state index in [1.165, 1.54) is 0 Å². The highest BCUT2D eigenvalue weighted by Crippen LogP contribution is 2.32. The van der Waals surface area contributed by atoms with Crippen molar-refractivity contribution in [2.75, 3.05) is 30.9 Å². The van der Waals surface area contributed by atoms with Crippen LogP contribution in [0.4, 0.5) is 11.6 Å². The molecule has 2 rings (SSSR count). The van der Waals surface area contributed by atoms with Crippen molar-refractivity contribution in [2.45, 2.75) is 46.0 Å². The number of carbonyl (C=O) groups excluding carboxylic acids is 1. The van der Waals surface area contributed by atoms with Gasteiger partial charge < -0.3 is 15.4 Å². The van der Waals surface area contributed by atoms with Gasteiger partial charge in [-0.25, -0.2) is 9.97 Å². The Morgan fingerprint density at radius 3 is 2.19 bits per heavy atom. The van der Waals surface area contributed by atoms with Gasteiger partial charge in [0.2, 0.25) is 5.95 Å². The van der Waals surface area contributed by atoms with Gasteiger partial charge in [-0.15, -0.1) is 0 Å². The largest absolute Gasteiger partial charge is 0.385 e. The second-order valence-electron chi connectivity index (χ2n) is 7.14. The van der Waals surface area contributed by atoms with E-state index in [1.807, 2.05) is 6.07 Å². The number of ether oxygens (including phenoxy) is 1. The molecule has 146 valence electrons. The lowest BCUT2D eigenvalue weighted by molar-refractivity contribution is 0.102. The van der Waals surface area contributed by atoms with E-state index < -0.39 is 0 Å². The highest BCUT2D eigenvalue weighted by atomic mass is 16.5. The van der Waals surface area contributed by atoms with Crippen molar-refractivity contribution in [3.8, 4) is 0 Å². The van der Waals surface area contributed by atoms with Crippen molar-refractivity contribution < 1.29 is 9.53 Å². The molecular formula is C21H30N4O2. The number of nitrogens with one attached hydrogen (secondary N) is 2. The topological polar surface area (TPSA) is 76.1 Å². The third-order valence-corrected chi connectivity index (χ3v) is 4.33. The van der Waals surface area contributed by atoms with Crippen molar-refractivity contribution in [3.63, 3.8) is 0 Å². The summed E-state index contributed by atoms with van der Waals surface area (Å²) in [6, 6.07) is 6.18. The summed E-state index contributed by atoms with van der Waals surface area (Å²) in [6.45, 7) is 9.91. The first-order valence-corrected chi connectivity index (χ1v) is 9.43. The molecule has 6 heteroatoms. The molecule has 0 aliphatic carbocycles. The summed E-state index contributed by atoms with van der Waals surface area (Å²) >= 11 is 0. The molecule has 0 fully saturated rings. The Balaban J connectivity index is 2.13. The maximum atomic E-state index is 12.7. The van der Waals surface area contributed by atoms with Crippen molar-refractivity contribution >= 4 is 17.5 Å². The van der Waals surface area contributed by atoms with Gasteiger partial charge in [0.1, 0.15) is 0 Å². The first-order valence-electron chi connectivity index (χ1n) is 9.43. The zero-order valence-electron chi connectivity index (χ0n) is 16.9. The van der Waals surface area contributed by atoms with Crippen LogP contribution in [0.3, 0.4) is 0 Å². The standard InChI is InChI=1S/C21H30N4O2/c1-14(2)17-8-6-9-18(15(3)4)19(17)25-20(26)16-12-23-21(24-13-16)22-10-7-11-27-5/h6,8-9,12-15H,7,10-11H2,1-5H3,(H,25,26)(H,22,23,24). The van der Waals surface area contributed by atoms with Crippen molar-refractivity contribution in [1.82, 2.24) is 9.97 Å². The highest BCUT2D eigenvalue weighted by Gasteiger charge is 2.17. The maximum Gasteiger partial charge on any atom is 0.258 e. The zero-order valence-corrected chi connectivity index (χ0v) is 16.9. The molecule has 0 atom stereocenters. The Bertz CT molecular complexity index is 716. The van der Waals surface area contributed by atoms with Gasteiger partial charge >= 0.3 is 0 Å². The summed E-state index contributed by atoms with van der Waals surface area (Å²) in [6.07, 6.45) is 3.97. The molecule has 1 aromatic heterocycles. The fraction of sp³-hybridized carbons (Fsp3) is 0.476. The Kier molecular flexibility index (Phi) is 7.73. The van der Waals surface area contributed by atoms with E-state index in [2.05, 4.69) is 60.4 Å². The summed E-state index contributed by atoms with van der Waals surface area (Å²) in [7, 11) is 1.67. The maximum absolute atomic E-state index is 12.7. The van der Waals surface area contributed by atoms with Crippen LogP contribution in [0.15, 0.2) is 30.6 Å². The highest BCUT2D eigenvalue weighted by molar-refractivity contribution is 6.04. The minimum atomic E-state index is -0.198. The van der Waals surface area contributed by atoms with Crippen LogP contribution < -0.4 is 10.6 Å². The summed E-state index contributed by atoms with van der Waals surface area (Å²) in [5.74, 6) is 0.937. The Morgan fingerprint density at radius 1 is 1.07 bits per heavy atom. The number of methoxy groups -OCH3 is 1. The number of benzene rings is 1. The lowest BCUT2D eigenvalue weighted by Crippen LogP contribution is -2.17. The van der Waals surface area contributed by atoms with Crippen LogP contribution in [-0.4, -0.2) is 36.1 Å². The number of nitrogens with zero attached hydrogens (tertiary/aromatic N) is 2. The second kappa shape index (κ2) is 10.0. The van der Waals surface area contributed by atoms with E-state index in [4.69, 9.17) is 4.74 Å². The number of anilines is 2. The van der Waals surface area contributed by atoms with Gasteiger partial charge in [-0.1, -0.05) is 45.9 Å². The molecule has 2 aromatic rings. The first kappa shape index (κ1) is 20.8. The van der Waals surface area contributed by atoms with Crippen LogP contribution in [0, 0.1) is 0 Å². The summed E-state index contributed by atoms with van der Waals surface area (Å²) in [4.78, 5) is 21.2. The number of aromatic nitrogens is 2. The fourth-order valence-corrected chi connectivity index (χ4v) is 2.83. The predicted octanol–water partition coefficient (Wildman–Crippen LogP) is 4.42. The second-order valence-corrected chi connectivity index (χ2v) is 7.14. The lowest BCUT2D eigenvalue weighted by Gasteiger charge is -2.20. The fourth-order valence-electron chi connectivity index (χ4n) is 2.83. The number of hydrogen-bond donors (Lipinski definition) is 2. The number of rotatable bonds is 9. The van der Waals surface area contributed by atoms with E-state index in [1.54, 1.807) is 19.5 Å². The molecule has 6 nitrogen and oxygen atoms in total. The third-order valence-electron chi connectivity index (χ3n) is 4.33. The van der Waals surface area contributed by atoms with Crippen LogP contribution >= 0.6 is 0 Å². The summed E-state index contributed by atoms with van der Waals surface area (Å²) in [5.41, 5.74) is 3.60. The molecule has 1 aromatic carbocycles. The predicted molar refractivity (Wildman–Crippen MR) is 110 cm³/mol. The molecule has 0 aliphatic heterocycles. The molecular weight excluding hydrogens is 340 g/mol. The van der Waals surface area contributed by atoms with Gasteiger partial charge in [-0.3, -0.25) is 4.79 Å². The van der Waals surface area contributed by atoms with Crippen LogP contribution in [-0.2, 0) is 4.74 Å². The van der Waals surface area contributed by atoms with Crippen LogP contribution in [0.25, 0.3) is 0 Å². The summed E-state index contributed by atoms with van der Waals surface area (Å²) in [5, 5.41) is 6.19. The van der Waals surface area contributed by atoms with Gasteiger partial charge in [-0.05, 0) is 29.4 Å². The molecule has 0 saturated carbocycles. The molecule has 0 bridgehead atoms. The van der Waals surface area contributed by atoms with Gasteiger partial charge in [-0.2, -0.15) is 0 Å². The van der Waals surface area contributed by atoms with Gasteiger partial charge in [0.25, 0.3) is 5.91 Å². The Hall–Kier alpha value is -2.47. The average molecular weight is 370 g/mol. The number of hydrogen-bond acceptors (Lipinski definition) is 5. The van der Waals surface area contributed by atoms with E-state index in [0.717, 1.165) is 29.8 Å². The minimum Gasteiger partial charge on any atom is -0.385 e. The molecule has 1 heterocycles.